The second-order valence-corrected chi connectivity index (χ2v) is 15.2. The number of nitrogens with one attached hydrogen (secondary N) is 3. The van der Waals surface area contributed by atoms with Crippen LogP contribution in [0.1, 0.15) is 61.0 Å². The maximum Gasteiger partial charge on any atom is 0.264 e. The summed E-state index contributed by atoms with van der Waals surface area (Å²) in [6.07, 6.45) is 1.58. The quantitative estimate of drug-likeness (QED) is 0.288. The second kappa shape index (κ2) is 14.7. The highest BCUT2D eigenvalue weighted by Crippen LogP contribution is 2.29. The number of halogens is 1. The monoisotopic (exact) mass is 646 g/mol. The van der Waals surface area contributed by atoms with Gasteiger partial charge < -0.3 is 15.5 Å². The van der Waals surface area contributed by atoms with Gasteiger partial charge in [0.25, 0.3) is 15.9 Å². The number of hydrogen-bond donors (Lipinski definition) is 3. The topological polar surface area (TPSA) is 125 Å². The Hall–Kier alpha value is -3.21. The minimum Gasteiger partial charge on any atom is -0.342 e. The molecule has 0 spiro atoms. The fourth-order valence-corrected chi connectivity index (χ4v) is 6.18. The van der Waals surface area contributed by atoms with Gasteiger partial charge in [0.1, 0.15) is 6.04 Å². The summed E-state index contributed by atoms with van der Waals surface area (Å²) in [4.78, 5) is 42.1. The van der Waals surface area contributed by atoms with Crippen LogP contribution in [0.2, 0.25) is 5.02 Å². The van der Waals surface area contributed by atoms with Crippen molar-refractivity contribution in [1.82, 2.24) is 20.3 Å². The van der Waals surface area contributed by atoms with E-state index in [0.29, 0.717) is 5.02 Å². The molecule has 44 heavy (non-hydrogen) atoms. The first-order valence-corrected chi connectivity index (χ1v) is 16.4. The molecule has 2 aromatic carbocycles. The van der Waals surface area contributed by atoms with Crippen LogP contribution in [-0.4, -0.2) is 63.3 Å². The average Bonchev–Trinajstić information content (AvgIpc) is 2.93. The molecular weight excluding hydrogens is 600 g/mol. The molecule has 0 bridgehead atoms. The minimum atomic E-state index is -4.14. The molecule has 2 aromatic rings. The molecule has 0 saturated heterocycles. The summed E-state index contributed by atoms with van der Waals surface area (Å²) in [5.74, 6) is -1.61. The van der Waals surface area contributed by atoms with Crippen LogP contribution in [0.3, 0.4) is 0 Å². The summed E-state index contributed by atoms with van der Waals surface area (Å²) in [6.45, 7) is 14.9. The number of hydrogen-bond acceptors (Lipinski definition) is 6. The van der Waals surface area contributed by atoms with Gasteiger partial charge >= 0.3 is 0 Å². The predicted molar refractivity (Wildman–Crippen MR) is 176 cm³/mol. The molecule has 3 unspecified atom stereocenters. The first kappa shape index (κ1) is 37.0. The van der Waals surface area contributed by atoms with Gasteiger partial charge in [-0.1, -0.05) is 96.5 Å². The summed E-state index contributed by atoms with van der Waals surface area (Å²) in [5.41, 5.74) is -0.142. The lowest BCUT2D eigenvalue weighted by Gasteiger charge is -2.40. The highest BCUT2D eigenvalue weighted by Gasteiger charge is 2.41. The van der Waals surface area contributed by atoms with Crippen molar-refractivity contribution in [3.05, 3.63) is 76.8 Å². The third-order valence-corrected chi connectivity index (χ3v) is 9.40. The third kappa shape index (κ3) is 9.15. The first-order chi connectivity index (χ1) is 20.2. The Morgan fingerprint density at radius 2 is 1.45 bits per heavy atom. The van der Waals surface area contributed by atoms with Crippen LogP contribution in [0, 0.1) is 11.3 Å². The zero-order valence-electron chi connectivity index (χ0n) is 27.4. The van der Waals surface area contributed by atoms with Crippen LogP contribution in [0.5, 0.6) is 0 Å². The molecule has 3 amide bonds. The van der Waals surface area contributed by atoms with E-state index in [0.717, 1.165) is 5.56 Å². The molecule has 242 valence electrons. The summed E-state index contributed by atoms with van der Waals surface area (Å²) in [7, 11) is -0.800. The Balaban J connectivity index is 2.33. The van der Waals surface area contributed by atoms with E-state index in [1.165, 1.54) is 36.1 Å². The highest BCUT2D eigenvalue weighted by molar-refractivity contribution is 7.90. The van der Waals surface area contributed by atoms with Crippen molar-refractivity contribution in [1.29, 1.82) is 0 Å². The smallest absolute Gasteiger partial charge is 0.264 e. The molecule has 2 rings (SSSR count). The van der Waals surface area contributed by atoms with Crippen molar-refractivity contribution < 1.29 is 22.8 Å². The lowest BCUT2D eigenvalue weighted by molar-refractivity contribution is -0.140. The molecule has 0 heterocycles. The van der Waals surface area contributed by atoms with Crippen molar-refractivity contribution in [3.8, 4) is 0 Å². The van der Waals surface area contributed by atoms with E-state index in [-0.39, 0.29) is 28.2 Å². The van der Waals surface area contributed by atoms with E-state index in [4.69, 9.17) is 11.6 Å². The van der Waals surface area contributed by atoms with Crippen LogP contribution < -0.4 is 15.4 Å². The fraction of sp³-hybridized carbons (Fsp3) is 0.485. The predicted octanol–water partition coefficient (Wildman–Crippen LogP) is 4.67. The second-order valence-electron chi connectivity index (χ2n) is 13.0. The summed E-state index contributed by atoms with van der Waals surface area (Å²) >= 11 is 5.86. The average molecular weight is 647 g/mol. The van der Waals surface area contributed by atoms with E-state index < -0.39 is 44.9 Å². The molecule has 3 N–H and O–H groups in total. The highest BCUT2D eigenvalue weighted by atomic mass is 35.5. The Morgan fingerprint density at radius 3 is 1.93 bits per heavy atom. The summed E-state index contributed by atoms with van der Waals surface area (Å²) in [5, 5.41) is 6.50. The Morgan fingerprint density at radius 1 is 0.909 bits per heavy atom. The zero-order chi connectivity index (χ0) is 33.6. The van der Waals surface area contributed by atoms with Crippen LogP contribution in [0.25, 0.3) is 0 Å². The molecule has 0 aliphatic heterocycles. The van der Waals surface area contributed by atoms with E-state index in [9.17, 15) is 22.8 Å². The Bertz CT molecular complexity index is 1450. The Labute approximate surface area is 267 Å². The lowest BCUT2D eigenvalue weighted by Crippen LogP contribution is -2.61. The maximum absolute atomic E-state index is 14.0. The molecule has 0 radical (unpaired) electrons. The van der Waals surface area contributed by atoms with E-state index in [2.05, 4.69) is 15.4 Å². The molecule has 0 aliphatic rings. The van der Waals surface area contributed by atoms with Gasteiger partial charge in [0.05, 0.1) is 17.0 Å². The van der Waals surface area contributed by atoms with Crippen molar-refractivity contribution >= 4 is 39.3 Å². The summed E-state index contributed by atoms with van der Waals surface area (Å²) in [6, 6.07) is 13.1. The molecular formula is C33H47ClN4O5S. The maximum atomic E-state index is 14.0. The fourth-order valence-electron chi connectivity index (χ4n) is 5.04. The number of benzene rings is 2. The van der Waals surface area contributed by atoms with Crippen LogP contribution in [0.15, 0.2) is 71.1 Å². The number of carbonyl (C=O) groups is 3. The molecule has 0 aromatic heterocycles. The van der Waals surface area contributed by atoms with Gasteiger partial charge in [-0.2, -0.15) is 0 Å². The molecule has 3 atom stereocenters. The van der Waals surface area contributed by atoms with Crippen LogP contribution in [0.4, 0.5) is 0 Å². The normalized spacial score (nSPS) is 14.9. The van der Waals surface area contributed by atoms with Gasteiger partial charge in [-0.25, -0.2) is 13.1 Å². The standard InChI is InChI=1S/C33H47ClN4O5S/c1-21(2)26(20-22(3)29(39)37-44(42,43)25-18-16-24(34)17-19-25)38(10)31(41)28(32(4,5)6)36-30(40)27(35-9)33(7,8)23-14-12-11-13-15-23/h11-21,26-28,35H,1-10H3,(H,36,40)(H,37,39)/b22-20+. The number of sulfonamides is 1. The van der Waals surface area contributed by atoms with E-state index in [1.807, 2.05) is 78.8 Å². The zero-order valence-corrected chi connectivity index (χ0v) is 28.9. The van der Waals surface area contributed by atoms with Gasteiger partial charge in [-0.05, 0) is 55.1 Å². The van der Waals surface area contributed by atoms with Gasteiger partial charge in [0, 0.05) is 23.1 Å². The molecule has 0 fully saturated rings. The third-order valence-electron chi connectivity index (χ3n) is 7.80. The number of nitrogens with zero attached hydrogens (tertiary/aromatic N) is 1. The number of carbonyl (C=O) groups excluding carboxylic acids is 3. The van der Waals surface area contributed by atoms with Crippen molar-refractivity contribution in [2.45, 2.75) is 83.8 Å². The molecule has 11 heteroatoms. The van der Waals surface area contributed by atoms with Gasteiger partial charge in [-0.15, -0.1) is 0 Å². The van der Waals surface area contributed by atoms with Crippen molar-refractivity contribution in [3.63, 3.8) is 0 Å². The van der Waals surface area contributed by atoms with E-state index >= 15 is 0 Å². The first-order valence-electron chi connectivity index (χ1n) is 14.5. The molecule has 0 saturated carbocycles. The van der Waals surface area contributed by atoms with Gasteiger partial charge in [0.2, 0.25) is 11.8 Å². The van der Waals surface area contributed by atoms with Crippen LogP contribution in [-0.2, 0) is 29.8 Å². The van der Waals surface area contributed by atoms with E-state index in [1.54, 1.807) is 20.2 Å². The van der Waals surface area contributed by atoms with Gasteiger partial charge in [0.15, 0.2) is 0 Å². The summed E-state index contributed by atoms with van der Waals surface area (Å²) < 4.78 is 27.6. The van der Waals surface area contributed by atoms with Gasteiger partial charge in [-0.3, -0.25) is 14.4 Å². The largest absolute Gasteiger partial charge is 0.342 e. The van der Waals surface area contributed by atoms with Crippen molar-refractivity contribution in [2.24, 2.45) is 11.3 Å². The number of amides is 3. The minimum absolute atomic E-state index is 0.102. The van der Waals surface area contributed by atoms with Crippen molar-refractivity contribution in [2.75, 3.05) is 14.1 Å². The van der Waals surface area contributed by atoms with Crippen LogP contribution >= 0.6 is 11.6 Å². The molecule has 0 aliphatic carbocycles. The lowest BCUT2D eigenvalue weighted by atomic mass is 9.76. The number of likely N-dealkylation sites (N-methyl/N-ethyl adjacent to an activating group) is 2. The molecule has 9 nitrogen and oxygen atoms in total. The Kier molecular flexibility index (Phi) is 12.4. The SMILES string of the molecule is CNC(C(=O)NC(C(=O)N(C)C(/C=C(\C)C(=O)NS(=O)(=O)c1ccc(Cl)cc1)C(C)C)C(C)(C)C)C(C)(C)c1ccccc1. The number of rotatable bonds is 12.